The molecule has 1 N–H and O–H groups in total. The summed E-state index contributed by atoms with van der Waals surface area (Å²) in [6, 6.07) is 16.8. The number of carbonyl (C=O) groups is 1. The second-order valence-electron chi connectivity index (χ2n) is 5.21. The number of nitrogens with zero attached hydrogens (tertiary/aromatic N) is 1. The number of fused-ring (bicyclic) bond motifs is 1. The SMILES string of the molecule is CCCOc1cccc(C(=O)Nc2cccc3cccnc23)c1. The topological polar surface area (TPSA) is 51.2 Å². The van der Waals surface area contributed by atoms with Gasteiger partial charge in [-0.1, -0.05) is 31.2 Å². The van der Waals surface area contributed by atoms with Gasteiger partial charge in [-0.2, -0.15) is 0 Å². The van der Waals surface area contributed by atoms with Gasteiger partial charge in [-0.15, -0.1) is 0 Å². The number of benzene rings is 2. The Hall–Kier alpha value is -2.88. The van der Waals surface area contributed by atoms with E-state index in [1.807, 2.05) is 49.4 Å². The zero-order valence-corrected chi connectivity index (χ0v) is 13.0. The van der Waals surface area contributed by atoms with Crippen molar-refractivity contribution < 1.29 is 9.53 Å². The van der Waals surface area contributed by atoms with Crippen LogP contribution >= 0.6 is 0 Å². The summed E-state index contributed by atoms with van der Waals surface area (Å²) < 4.78 is 5.57. The molecule has 0 aliphatic heterocycles. The number of para-hydroxylation sites is 1. The van der Waals surface area contributed by atoms with Crippen molar-refractivity contribution >= 4 is 22.5 Å². The Kier molecular flexibility index (Phi) is 4.52. The van der Waals surface area contributed by atoms with Crippen molar-refractivity contribution in [3.63, 3.8) is 0 Å². The molecule has 0 unspecified atom stereocenters. The summed E-state index contributed by atoms with van der Waals surface area (Å²) in [5.41, 5.74) is 2.04. The maximum Gasteiger partial charge on any atom is 0.255 e. The fourth-order valence-corrected chi connectivity index (χ4v) is 2.35. The van der Waals surface area contributed by atoms with Crippen molar-refractivity contribution in [2.75, 3.05) is 11.9 Å². The molecule has 4 nitrogen and oxygen atoms in total. The average Bonchev–Trinajstić information content (AvgIpc) is 2.60. The van der Waals surface area contributed by atoms with E-state index in [9.17, 15) is 4.79 Å². The van der Waals surface area contributed by atoms with Crippen LogP contribution in [0.3, 0.4) is 0 Å². The molecule has 1 heterocycles. The lowest BCUT2D eigenvalue weighted by Gasteiger charge is -2.09. The second-order valence-corrected chi connectivity index (χ2v) is 5.21. The van der Waals surface area contributed by atoms with Gasteiger partial charge in [0.05, 0.1) is 17.8 Å². The minimum atomic E-state index is -0.176. The number of ether oxygens (including phenoxy) is 1. The highest BCUT2D eigenvalue weighted by atomic mass is 16.5. The minimum absolute atomic E-state index is 0.176. The van der Waals surface area contributed by atoms with E-state index >= 15 is 0 Å². The lowest BCUT2D eigenvalue weighted by molar-refractivity contribution is 0.102. The number of rotatable bonds is 5. The molecule has 0 bridgehead atoms. The Morgan fingerprint density at radius 2 is 1.96 bits per heavy atom. The van der Waals surface area contributed by atoms with E-state index in [2.05, 4.69) is 10.3 Å². The predicted molar refractivity (Wildman–Crippen MR) is 91.9 cm³/mol. The van der Waals surface area contributed by atoms with Crippen molar-refractivity contribution in [2.45, 2.75) is 13.3 Å². The Morgan fingerprint density at radius 1 is 1.13 bits per heavy atom. The van der Waals surface area contributed by atoms with E-state index in [0.717, 1.165) is 17.3 Å². The number of hydrogen-bond acceptors (Lipinski definition) is 3. The molecule has 0 radical (unpaired) electrons. The predicted octanol–water partition coefficient (Wildman–Crippen LogP) is 4.28. The van der Waals surface area contributed by atoms with Gasteiger partial charge >= 0.3 is 0 Å². The molecule has 0 saturated heterocycles. The lowest BCUT2D eigenvalue weighted by atomic mass is 10.1. The molecule has 0 spiro atoms. The highest BCUT2D eigenvalue weighted by molar-refractivity contribution is 6.08. The molecule has 1 aromatic heterocycles. The van der Waals surface area contributed by atoms with Gasteiger partial charge in [0.15, 0.2) is 0 Å². The van der Waals surface area contributed by atoms with E-state index in [-0.39, 0.29) is 5.91 Å². The fourth-order valence-electron chi connectivity index (χ4n) is 2.35. The first-order valence-corrected chi connectivity index (χ1v) is 7.66. The number of carbonyl (C=O) groups excluding carboxylic acids is 1. The van der Waals surface area contributed by atoms with Gasteiger partial charge in [-0.3, -0.25) is 9.78 Å². The third kappa shape index (κ3) is 3.48. The molecule has 0 saturated carbocycles. The molecule has 0 atom stereocenters. The average molecular weight is 306 g/mol. The smallest absolute Gasteiger partial charge is 0.255 e. The number of nitrogens with one attached hydrogen (secondary N) is 1. The summed E-state index contributed by atoms with van der Waals surface area (Å²) in [7, 11) is 0. The lowest BCUT2D eigenvalue weighted by Crippen LogP contribution is -2.12. The number of aromatic nitrogens is 1. The zero-order valence-electron chi connectivity index (χ0n) is 13.0. The molecule has 2 aromatic carbocycles. The van der Waals surface area contributed by atoms with Crippen LogP contribution in [0.1, 0.15) is 23.7 Å². The Bertz CT molecular complexity index is 825. The Morgan fingerprint density at radius 3 is 2.83 bits per heavy atom. The van der Waals surface area contributed by atoms with Gasteiger partial charge in [-0.25, -0.2) is 0 Å². The van der Waals surface area contributed by atoms with Crippen molar-refractivity contribution in [3.8, 4) is 5.75 Å². The van der Waals surface area contributed by atoms with Gasteiger partial charge < -0.3 is 10.1 Å². The van der Waals surface area contributed by atoms with Gasteiger partial charge in [0, 0.05) is 17.1 Å². The molecule has 4 heteroatoms. The highest BCUT2D eigenvalue weighted by Crippen LogP contribution is 2.22. The largest absolute Gasteiger partial charge is 0.494 e. The normalized spacial score (nSPS) is 10.5. The van der Waals surface area contributed by atoms with Crippen LogP contribution in [0.4, 0.5) is 5.69 Å². The first kappa shape index (κ1) is 15.0. The van der Waals surface area contributed by atoms with Gasteiger partial charge in [0.25, 0.3) is 5.91 Å². The van der Waals surface area contributed by atoms with Gasteiger partial charge in [0.2, 0.25) is 0 Å². The first-order chi connectivity index (χ1) is 11.3. The zero-order chi connectivity index (χ0) is 16.1. The molecule has 3 rings (SSSR count). The Balaban J connectivity index is 1.83. The summed E-state index contributed by atoms with van der Waals surface area (Å²) in [6.07, 6.45) is 2.65. The standard InChI is InChI=1S/C19H18N2O2/c1-2-12-23-16-9-3-7-15(13-16)19(22)21-17-10-4-6-14-8-5-11-20-18(14)17/h3-11,13H,2,12H2,1H3,(H,21,22). The maximum absolute atomic E-state index is 12.5. The molecular formula is C19H18N2O2. The van der Waals surface area contributed by atoms with Crippen LogP contribution in [0, 0.1) is 0 Å². The molecular weight excluding hydrogens is 288 g/mol. The third-order valence-corrected chi connectivity index (χ3v) is 3.45. The van der Waals surface area contributed by atoms with E-state index in [1.165, 1.54) is 0 Å². The summed E-state index contributed by atoms with van der Waals surface area (Å²) >= 11 is 0. The van der Waals surface area contributed by atoms with Gasteiger partial charge in [-0.05, 0) is 36.8 Å². The van der Waals surface area contributed by atoms with E-state index in [4.69, 9.17) is 4.74 Å². The number of amides is 1. The van der Waals surface area contributed by atoms with E-state index in [0.29, 0.717) is 23.6 Å². The van der Waals surface area contributed by atoms with Gasteiger partial charge in [0.1, 0.15) is 5.75 Å². The van der Waals surface area contributed by atoms with Crippen LogP contribution in [0.5, 0.6) is 5.75 Å². The van der Waals surface area contributed by atoms with Crippen LogP contribution in [0.25, 0.3) is 10.9 Å². The molecule has 0 fully saturated rings. The maximum atomic E-state index is 12.5. The summed E-state index contributed by atoms with van der Waals surface area (Å²) in [4.78, 5) is 16.8. The van der Waals surface area contributed by atoms with E-state index in [1.54, 1.807) is 18.3 Å². The molecule has 1 amide bonds. The molecule has 116 valence electrons. The molecule has 23 heavy (non-hydrogen) atoms. The second kappa shape index (κ2) is 6.92. The van der Waals surface area contributed by atoms with Crippen LogP contribution in [-0.4, -0.2) is 17.5 Å². The summed E-state index contributed by atoms with van der Waals surface area (Å²) in [5.74, 6) is 0.528. The highest BCUT2D eigenvalue weighted by Gasteiger charge is 2.09. The minimum Gasteiger partial charge on any atom is -0.494 e. The fraction of sp³-hybridized carbons (Fsp3) is 0.158. The number of anilines is 1. The third-order valence-electron chi connectivity index (χ3n) is 3.45. The Labute approximate surface area is 135 Å². The summed E-state index contributed by atoms with van der Waals surface area (Å²) in [6.45, 7) is 2.68. The number of pyridine rings is 1. The monoisotopic (exact) mass is 306 g/mol. The quantitative estimate of drug-likeness (QED) is 0.765. The van der Waals surface area contributed by atoms with Crippen molar-refractivity contribution in [2.24, 2.45) is 0 Å². The van der Waals surface area contributed by atoms with Crippen molar-refractivity contribution in [1.29, 1.82) is 0 Å². The molecule has 0 aliphatic carbocycles. The molecule has 3 aromatic rings. The van der Waals surface area contributed by atoms with E-state index < -0.39 is 0 Å². The van der Waals surface area contributed by atoms with Crippen LogP contribution in [-0.2, 0) is 0 Å². The van der Waals surface area contributed by atoms with Crippen molar-refractivity contribution in [1.82, 2.24) is 4.98 Å². The van der Waals surface area contributed by atoms with Crippen LogP contribution in [0.15, 0.2) is 60.8 Å². The number of hydrogen-bond donors (Lipinski definition) is 1. The molecule has 0 aliphatic rings. The van der Waals surface area contributed by atoms with Crippen molar-refractivity contribution in [3.05, 3.63) is 66.4 Å². The summed E-state index contributed by atoms with van der Waals surface area (Å²) in [5, 5.41) is 3.92. The first-order valence-electron chi connectivity index (χ1n) is 7.66. The van der Waals surface area contributed by atoms with Crippen LogP contribution < -0.4 is 10.1 Å². The van der Waals surface area contributed by atoms with Crippen LogP contribution in [0.2, 0.25) is 0 Å².